The Morgan fingerprint density at radius 1 is 0.811 bits per heavy atom. The van der Waals surface area contributed by atoms with Crippen LogP contribution in [-0.2, 0) is 0 Å². The number of hydrogen-bond donors (Lipinski definition) is 1. The molecule has 0 radical (unpaired) electrons. The number of carbonyl (C=O) groups is 2. The van der Waals surface area contributed by atoms with E-state index in [0.717, 1.165) is 5.52 Å². The molecule has 0 bridgehead atoms. The van der Waals surface area contributed by atoms with E-state index in [1.807, 2.05) is 24.3 Å². The van der Waals surface area contributed by atoms with Crippen molar-refractivity contribution in [1.82, 2.24) is 19.9 Å². The fraction of sp³-hybridized carbons (Fsp3) is 0.103. The SMILES string of the molecule is CC(=O)c1ccc(Oc2cc3[nH]c(-c4ccccn4)nc3cc2Oc2ccc(C(=O)N(C)C)cc2)cc1. The molecular weight excluding hydrogens is 468 g/mol. The molecule has 1 N–H and O–H groups in total. The van der Waals surface area contributed by atoms with Crippen LogP contribution >= 0.6 is 0 Å². The number of rotatable bonds is 7. The summed E-state index contributed by atoms with van der Waals surface area (Å²) in [6.45, 7) is 1.52. The first kappa shape index (κ1) is 23.7. The highest BCUT2D eigenvalue weighted by Gasteiger charge is 2.15. The molecule has 1 amide bonds. The smallest absolute Gasteiger partial charge is 0.253 e. The van der Waals surface area contributed by atoms with Crippen LogP contribution in [0, 0.1) is 0 Å². The second kappa shape index (κ2) is 9.94. The normalized spacial score (nSPS) is 10.8. The van der Waals surface area contributed by atoms with Crippen LogP contribution in [0.4, 0.5) is 0 Å². The molecule has 184 valence electrons. The number of pyridine rings is 1. The Labute approximate surface area is 213 Å². The van der Waals surface area contributed by atoms with Crippen LogP contribution in [0.25, 0.3) is 22.6 Å². The third-order valence-electron chi connectivity index (χ3n) is 5.68. The van der Waals surface area contributed by atoms with Gasteiger partial charge in [-0.05, 0) is 67.6 Å². The average Bonchev–Trinajstić information content (AvgIpc) is 3.32. The summed E-state index contributed by atoms with van der Waals surface area (Å²) in [6.07, 6.45) is 1.71. The molecule has 0 aliphatic rings. The lowest BCUT2D eigenvalue weighted by molar-refractivity contribution is 0.0827. The number of H-pyrrole nitrogens is 1. The van der Waals surface area contributed by atoms with Gasteiger partial charge < -0.3 is 19.4 Å². The predicted octanol–water partition coefficient (Wildman–Crippen LogP) is 6.11. The highest BCUT2D eigenvalue weighted by Crippen LogP contribution is 2.38. The van der Waals surface area contributed by atoms with Gasteiger partial charge in [-0.3, -0.25) is 14.6 Å². The van der Waals surface area contributed by atoms with Crippen molar-refractivity contribution in [3.05, 3.63) is 96.2 Å². The van der Waals surface area contributed by atoms with Crippen molar-refractivity contribution in [3.63, 3.8) is 0 Å². The van der Waals surface area contributed by atoms with E-state index in [9.17, 15) is 9.59 Å². The Hall–Kier alpha value is -4.98. The number of nitrogens with zero attached hydrogens (tertiary/aromatic N) is 3. The van der Waals surface area contributed by atoms with Crippen molar-refractivity contribution < 1.29 is 19.1 Å². The number of fused-ring (bicyclic) bond motifs is 1. The summed E-state index contributed by atoms with van der Waals surface area (Å²) in [7, 11) is 3.41. The zero-order chi connectivity index (χ0) is 25.9. The standard InChI is InChI=1S/C29H24N4O4/c1-18(34)19-7-11-21(12-8-19)36-26-16-24-25(32-28(31-24)23-6-4-5-15-30-23)17-27(26)37-22-13-9-20(10-14-22)29(35)33(2)3/h4-17H,1-3H3,(H,31,32). The Morgan fingerprint density at radius 2 is 1.43 bits per heavy atom. The van der Waals surface area contributed by atoms with Crippen LogP contribution in [0.5, 0.6) is 23.0 Å². The van der Waals surface area contributed by atoms with Crippen LogP contribution in [0.3, 0.4) is 0 Å². The fourth-order valence-electron chi connectivity index (χ4n) is 3.74. The molecule has 2 heterocycles. The van der Waals surface area contributed by atoms with Crippen LogP contribution in [0.1, 0.15) is 27.6 Å². The number of Topliss-reactive ketones (excluding diaryl/α,β-unsaturated/α-hetero) is 1. The van der Waals surface area contributed by atoms with Gasteiger partial charge >= 0.3 is 0 Å². The minimum absolute atomic E-state index is 0.0206. The summed E-state index contributed by atoms with van der Waals surface area (Å²) < 4.78 is 12.4. The van der Waals surface area contributed by atoms with E-state index in [2.05, 4.69) is 15.0 Å². The van der Waals surface area contributed by atoms with E-state index >= 15 is 0 Å². The third-order valence-corrected chi connectivity index (χ3v) is 5.68. The molecule has 0 atom stereocenters. The van der Waals surface area contributed by atoms with Crippen molar-refractivity contribution in [2.45, 2.75) is 6.92 Å². The van der Waals surface area contributed by atoms with Gasteiger partial charge in [0.15, 0.2) is 23.1 Å². The fourth-order valence-corrected chi connectivity index (χ4v) is 3.74. The number of carbonyl (C=O) groups excluding carboxylic acids is 2. The molecule has 0 aliphatic heterocycles. The second-order valence-electron chi connectivity index (χ2n) is 8.63. The summed E-state index contributed by atoms with van der Waals surface area (Å²) in [5.74, 6) is 2.48. The highest BCUT2D eigenvalue weighted by molar-refractivity contribution is 5.94. The summed E-state index contributed by atoms with van der Waals surface area (Å²) >= 11 is 0. The van der Waals surface area contributed by atoms with Gasteiger partial charge in [0.1, 0.15) is 17.2 Å². The van der Waals surface area contributed by atoms with Crippen LogP contribution in [0.2, 0.25) is 0 Å². The first-order chi connectivity index (χ1) is 17.9. The maximum atomic E-state index is 12.2. The molecule has 0 saturated carbocycles. The quantitative estimate of drug-likeness (QED) is 0.275. The number of nitrogens with one attached hydrogen (secondary N) is 1. The molecular formula is C29H24N4O4. The maximum Gasteiger partial charge on any atom is 0.253 e. The predicted molar refractivity (Wildman–Crippen MR) is 140 cm³/mol. The Kier molecular flexibility index (Phi) is 6.38. The van der Waals surface area contributed by atoms with E-state index in [-0.39, 0.29) is 11.7 Å². The van der Waals surface area contributed by atoms with Crippen molar-refractivity contribution in [3.8, 4) is 34.5 Å². The third kappa shape index (κ3) is 5.18. The number of hydrogen-bond acceptors (Lipinski definition) is 6. The number of ether oxygens (including phenoxy) is 2. The molecule has 3 aromatic carbocycles. The van der Waals surface area contributed by atoms with Gasteiger partial charge in [0.25, 0.3) is 5.91 Å². The molecule has 5 rings (SSSR count). The van der Waals surface area contributed by atoms with Gasteiger partial charge in [0, 0.05) is 43.6 Å². The first-order valence-corrected chi connectivity index (χ1v) is 11.6. The van der Waals surface area contributed by atoms with Crippen molar-refractivity contribution in [2.75, 3.05) is 14.1 Å². The topological polar surface area (TPSA) is 97.4 Å². The zero-order valence-electron chi connectivity index (χ0n) is 20.6. The Morgan fingerprint density at radius 3 is 2.00 bits per heavy atom. The number of aromatic nitrogens is 3. The van der Waals surface area contributed by atoms with Gasteiger partial charge in [-0.2, -0.15) is 0 Å². The number of ketones is 1. The largest absolute Gasteiger partial charge is 0.453 e. The number of aromatic amines is 1. The Balaban J connectivity index is 1.52. The molecule has 8 heteroatoms. The van der Waals surface area contributed by atoms with E-state index in [4.69, 9.17) is 9.47 Å². The highest BCUT2D eigenvalue weighted by atomic mass is 16.5. The van der Waals surface area contributed by atoms with Gasteiger partial charge in [-0.1, -0.05) is 6.07 Å². The minimum Gasteiger partial charge on any atom is -0.453 e. The summed E-state index contributed by atoms with van der Waals surface area (Å²) in [5, 5.41) is 0. The molecule has 5 aromatic rings. The van der Waals surface area contributed by atoms with E-state index in [1.54, 1.807) is 74.9 Å². The summed E-state index contributed by atoms with van der Waals surface area (Å²) in [5.41, 5.74) is 3.29. The summed E-state index contributed by atoms with van der Waals surface area (Å²) in [6, 6.07) is 23.0. The minimum atomic E-state index is -0.0930. The van der Waals surface area contributed by atoms with E-state index in [0.29, 0.717) is 51.2 Å². The lowest BCUT2D eigenvalue weighted by atomic mass is 10.1. The number of benzene rings is 3. The molecule has 0 unspecified atom stereocenters. The molecule has 37 heavy (non-hydrogen) atoms. The molecule has 0 fully saturated rings. The van der Waals surface area contributed by atoms with Crippen LogP contribution in [0.15, 0.2) is 85.1 Å². The Bertz CT molecular complexity index is 1570. The van der Waals surface area contributed by atoms with E-state index < -0.39 is 0 Å². The number of amides is 1. The zero-order valence-corrected chi connectivity index (χ0v) is 20.6. The van der Waals surface area contributed by atoms with Crippen molar-refractivity contribution >= 4 is 22.7 Å². The monoisotopic (exact) mass is 492 g/mol. The van der Waals surface area contributed by atoms with Gasteiger partial charge in [0.05, 0.1) is 11.0 Å². The summed E-state index contributed by atoms with van der Waals surface area (Å²) in [4.78, 5) is 37.7. The van der Waals surface area contributed by atoms with Crippen LogP contribution in [-0.4, -0.2) is 45.6 Å². The molecule has 0 aliphatic carbocycles. The maximum absolute atomic E-state index is 12.2. The van der Waals surface area contributed by atoms with Crippen molar-refractivity contribution in [2.24, 2.45) is 0 Å². The average molecular weight is 493 g/mol. The van der Waals surface area contributed by atoms with E-state index in [1.165, 1.54) is 11.8 Å². The second-order valence-corrected chi connectivity index (χ2v) is 8.63. The lowest BCUT2D eigenvalue weighted by Crippen LogP contribution is -2.21. The first-order valence-electron chi connectivity index (χ1n) is 11.6. The molecule has 2 aromatic heterocycles. The van der Waals surface area contributed by atoms with Crippen LogP contribution < -0.4 is 9.47 Å². The molecule has 0 saturated heterocycles. The number of imidazole rings is 1. The lowest BCUT2D eigenvalue weighted by Gasteiger charge is -2.14. The molecule has 0 spiro atoms. The molecule has 8 nitrogen and oxygen atoms in total. The van der Waals surface area contributed by atoms with Gasteiger partial charge in [-0.25, -0.2) is 4.98 Å². The van der Waals surface area contributed by atoms with Gasteiger partial charge in [-0.15, -0.1) is 0 Å². The van der Waals surface area contributed by atoms with Gasteiger partial charge in [0.2, 0.25) is 0 Å². The van der Waals surface area contributed by atoms with Crippen molar-refractivity contribution in [1.29, 1.82) is 0 Å².